The summed E-state index contributed by atoms with van der Waals surface area (Å²) in [5, 5.41) is 8.10. The van der Waals surface area contributed by atoms with Gasteiger partial charge in [0.1, 0.15) is 11.6 Å². The van der Waals surface area contributed by atoms with Crippen molar-refractivity contribution in [2.45, 2.75) is 25.7 Å². The summed E-state index contributed by atoms with van der Waals surface area (Å²) in [6.45, 7) is 3.17. The molecule has 0 amide bonds. The number of hydrogen-bond acceptors (Lipinski definition) is 4. The van der Waals surface area contributed by atoms with Gasteiger partial charge in [0.15, 0.2) is 0 Å². The zero-order valence-electron chi connectivity index (χ0n) is 16.9. The molecule has 4 rings (SSSR count). The highest BCUT2D eigenvalue weighted by atomic mass is 19.1. The number of benzene rings is 2. The summed E-state index contributed by atoms with van der Waals surface area (Å²) < 4.78 is 20.0. The van der Waals surface area contributed by atoms with E-state index in [1.54, 1.807) is 19.2 Å². The fourth-order valence-electron chi connectivity index (χ4n) is 4.16. The number of para-hydroxylation sites is 1. The van der Waals surface area contributed by atoms with Gasteiger partial charge in [-0.25, -0.2) is 9.37 Å². The fraction of sp³-hybridized carbons (Fsp3) is 0.375. The van der Waals surface area contributed by atoms with Crippen LogP contribution in [0.1, 0.15) is 25.7 Å². The van der Waals surface area contributed by atoms with E-state index in [2.05, 4.69) is 16.7 Å². The second-order valence-corrected chi connectivity index (χ2v) is 7.67. The molecular formula is C24H28FN3O. The topological polar surface area (TPSA) is 46.2 Å². The zero-order valence-corrected chi connectivity index (χ0v) is 16.9. The Morgan fingerprint density at radius 2 is 2.10 bits per heavy atom. The minimum absolute atomic E-state index is 0.331. The summed E-state index contributed by atoms with van der Waals surface area (Å²) in [6, 6.07) is 14.8. The quantitative estimate of drug-likeness (QED) is 0.539. The highest BCUT2D eigenvalue weighted by Crippen LogP contribution is 2.35. The molecule has 2 N–H and O–H groups in total. The maximum atomic E-state index is 14.6. The Labute approximate surface area is 171 Å². The molecular weight excluding hydrogens is 365 g/mol. The molecule has 29 heavy (non-hydrogen) atoms. The lowest BCUT2D eigenvalue weighted by Gasteiger charge is -2.22. The Balaban J connectivity index is 1.58. The molecule has 2 heterocycles. The summed E-state index contributed by atoms with van der Waals surface area (Å²) in [7, 11) is 1.55. The maximum absolute atomic E-state index is 14.6. The predicted octanol–water partition coefficient (Wildman–Crippen LogP) is 5.24. The molecule has 3 aromatic rings. The van der Waals surface area contributed by atoms with E-state index in [-0.39, 0.29) is 5.82 Å². The van der Waals surface area contributed by atoms with Crippen LogP contribution in [0.4, 0.5) is 10.1 Å². The first kappa shape index (κ1) is 19.6. The van der Waals surface area contributed by atoms with Crippen LogP contribution in [0, 0.1) is 11.7 Å². The van der Waals surface area contributed by atoms with E-state index in [0.717, 1.165) is 48.6 Å². The highest BCUT2D eigenvalue weighted by molar-refractivity contribution is 5.94. The molecule has 4 nitrogen and oxygen atoms in total. The lowest BCUT2D eigenvalue weighted by atomic mass is 9.95. The highest BCUT2D eigenvalue weighted by Gasteiger charge is 2.16. The Kier molecular flexibility index (Phi) is 6.25. The van der Waals surface area contributed by atoms with Crippen LogP contribution in [0.15, 0.2) is 48.5 Å². The van der Waals surface area contributed by atoms with Crippen molar-refractivity contribution in [3.63, 3.8) is 0 Å². The predicted molar refractivity (Wildman–Crippen MR) is 117 cm³/mol. The second-order valence-electron chi connectivity index (χ2n) is 7.67. The number of anilines is 1. The summed E-state index contributed by atoms with van der Waals surface area (Å²) in [6.07, 6.45) is 4.93. The minimum Gasteiger partial charge on any atom is -0.496 e. The monoisotopic (exact) mass is 393 g/mol. The molecule has 1 aliphatic rings. The number of pyridine rings is 1. The van der Waals surface area contributed by atoms with Gasteiger partial charge < -0.3 is 15.4 Å². The SMILES string of the molecule is COc1cccc(F)c1-c1cc(NCCCC2CCCNC2)c2ccccc2n1. The van der Waals surface area contributed by atoms with E-state index in [9.17, 15) is 4.39 Å². The Bertz CT molecular complexity index is 969. The third kappa shape index (κ3) is 4.51. The van der Waals surface area contributed by atoms with Crippen molar-refractivity contribution >= 4 is 16.6 Å². The fourth-order valence-corrected chi connectivity index (χ4v) is 4.16. The van der Waals surface area contributed by atoms with Gasteiger partial charge in [0.2, 0.25) is 0 Å². The maximum Gasteiger partial charge on any atom is 0.136 e. The molecule has 0 bridgehead atoms. The number of nitrogens with one attached hydrogen (secondary N) is 2. The first-order chi connectivity index (χ1) is 14.3. The number of fused-ring (bicyclic) bond motifs is 1. The first-order valence-electron chi connectivity index (χ1n) is 10.4. The van der Waals surface area contributed by atoms with Crippen molar-refractivity contribution in [2.24, 2.45) is 5.92 Å². The van der Waals surface area contributed by atoms with Crippen molar-refractivity contribution in [1.82, 2.24) is 10.3 Å². The molecule has 1 unspecified atom stereocenters. The lowest BCUT2D eigenvalue weighted by Crippen LogP contribution is -2.29. The number of ether oxygens (including phenoxy) is 1. The van der Waals surface area contributed by atoms with E-state index in [4.69, 9.17) is 9.72 Å². The largest absolute Gasteiger partial charge is 0.496 e. The summed E-state index contributed by atoms with van der Waals surface area (Å²) in [5.41, 5.74) is 2.81. The van der Waals surface area contributed by atoms with Crippen LogP contribution in [0.25, 0.3) is 22.2 Å². The van der Waals surface area contributed by atoms with Crippen molar-refractivity contribution in [1.29, 1.82) is 0 Å². The molecule has 152 valence electrons. The van der Waals surface area contributed by atoms with Gasteiger partial charge in [-0.3, -0.25) is 0 Å². The van der Waals surface area contributed by atoms with Crippen LogP contribution in [0.3, 0.4) is 0 Å². The van der Waals surface area contributed by atoms with Crippen LogP contribution in [-0.4, -0.2) is 31.7 Å². The summed E-state index contributed by atoms with van der Waals surface area (Å²) in [5.74, 6) is 0.935. The van der Waals surface area contributed by atoms with Crippen LogP contribution >= 0.6 is 0 Å². The molecule has 0 spiro atoms. The number of rotatable bonds is 7. The van der Waals surface area contributed by atoms with Crippen LogP contribution in [-0.2, 0) is 0 Å². The van der Waals surface area contributed by atoms with Crippen LogP contribution in [0.2, 0.25) is 0 Å². The van der Waals surface area contributed by atoms with Gasteiger partial charge in [0.05, 0.1) is 23.9 Å². The minimum atomic E-state index is -0.331. The first-order valence-corrected chi connectivity index (χ1v) is 10.4. The number of hydrogen-bond donors (Lipinski definition) is 2. The molecule has 1 aromatic heterocycles. The number of methoxy groups -OCH3 is 1. The summed E-state index contributed by atoms with van der Waals surface area (Å²) in [4.78, 5) is 4.71. The van der Waals surface area contributed by atoms with Gasteiger partial charge in [-0.1, -0.05) is 24.3 Å². The number of nitrogens with zero attached hydrogens (tertiary/aromatic N) is 1. The van der Waals surface area contributed by atoms with E-state index in [1.165, 1.54) is 25.3 Å². The van der Waals surface area contributed by atoms with Crippen molar-refractivity contribution < 1.29 is 9.13 Å². The average Bonchev–Trinajstić information content (AvgIpc) is 2.77. The van der Waals surface area contributed by atoms with Gasteiger partial charge in [-0.15, -0.1) is 0 Å². The molecule has 1 aliphatic heterocycles. The molecule has 1 atom stereocenters. The van der Waals surface area contributed by atoms with Crippen LogP contribution < -0.4 is 15.4 Å². The normalized spacial score (nSPS) is 16.7. The van der Waals surface area contributed by atoms with Crippen LogP contribution in [0.5, 0.6) is 5.75 Å². The molecule has 5 heteroatoms. The second kappa shape index (κ2) is 9.23. The van der Waals surface area contributed by atoms with Gasteiger partial charge in [-0.05, 0) is 69.0 Å². The third-order valence-corrected chi connectivity index (χ3v) is 5.67. The Hall–Kier alpha value is -2.66. The Morgan fingerprint density at radius 1 is 1.21 bits per heavy atom. The molecule has 1 fully saturated rings. The molecule has 0 radical (unpaired) electrons. The van der Waals surface area contributed by atoms with Gasteiger partial charge in [0.25, 0.3) is 0 Å². The smallest absolute Gasteiger partial charge is 0.136 e. The van der Waals surface area contributed by atoms with E-state index >= 15 is 0 Å². The lowest BCUT2D eigenvalue weighted by molar-refractivity contribution is 0.353. The van der Waals surface area contributed by atoms with Gasteiger partial charge in [0, 0.05) is 17.6 Å². The van der Waals surface area contributed by atoms with Crippen molar-refractivity contribution in [3.8, 4) is 17.0 Å². The third-order valence-electron chi connectivity index (χ3n) is 5.67. The standard InChI is InChI=1S/C24H28FN3O/c1-29-23-12-4-10-19(25)24(23)22-15-21(18-9-2-3-11-20(18)28-22)27-14-6-8-17-7-5-13-26-16-17/h2-4,9-12,15,17,26H,5-8,13-14,16H2,1H3,(H,27,28). The van der Waals surface area contributed by atoms with E-state index < -0.39 is 0 Å². The molecule has 0 saturated carbocycles. The average molecular weight is 394 g/mol. The number of aromatic nitrogens is 1. The molecule has 0 aliphatic carbocycles. The van der Waals surface area contributed by atoms with Crippen molar-refractivity contribution in [3.05, 3.63) is 54.3 Å². The number of piperidine rings is 1. The molecule has 1 saturated heterocycles. The molecule has 2 aromatic carbocycles. The van der Waals surface area contributed by atoms with Gasteiger partial charge in [-0.2, -0.15) is 0 Å². The zero-order chi connectivity index (χ0) is 20.1. The van der Waals surface area contributed by atoms with Crippen molar-refractivity contribution in [2.75, 3.05) is 32.1 Å². The van der Waals surface area contributed by atoms with E-state index in [1.807, 2.05) is 24.3 Å². The summed E-state index contributed by atoms with van der Waals surface area (Å²) >= 11 is 0. The number of halogens is 1. The van der Waals surface area contributed by atoms with Gasteiger partial charge >= 0.3 is 0 Å². The Morgan fingerprint density at radius 3 is 2.93 bits per heavy atom. The van der Waals surface area contributed by atoms with E-state index in [0.29, 0.717) is 17.0 Å².